The highest BCUT2D eigenvalue weighted by atomic mass is 16.3. The van der Waals surface area contributed by atoms with E-state index < -0.39 is 0 Å². The van der Waals surface area contributed by atoms with Gasteiger partial charge in [0.25, 0.3) is 0 Å². The van der Waals surface area contributed by atoms with Crippen LogP contribution < -0.4 is 0 Å². The molecule has 0 unspecified atom stereocenters. The maximum atomic E-state index is 9.67. The number of benzene rings is 5. The summed E-state index contributed by atoms with van der Waals surface area (Å²) in [4.78, 5) is 14.5. The Balaban J connectivity index is 1.47. The molecule has 5 aromatic carbocycles. The number of hydrogen-bond acceptors (Lipinski definition) is 4. The highest BCUT2D eigenvalue weighted by molar-refractivity contribution is 6.23. The number of nitrogens with zero attached hydrogens (tertiary/aromatic N) is 5. The van der Waals surface area contributed by atoms with Gasteiger partial charge in [0, 0.05) is 21.9 Å². The number of rotatable bonds is 6. The fourth-order valence-electron chi connectivity index (χ4n) is 6.05. The standard InChI is InChI=1S/C42H29N5O/c1-45-42(47-41(31-15-6-3-7-16-31)46-27-28-11-4-2-5-12-28)35-19-10-20-38-39(35)37-24-34(32-17-8-13-29(21-32)25-43)23-36(40(37)48-38)33-18-9-14-30(22-33)26-44/h2-6,8-15,17-24H,1,7,16,27H2. The van der Waals surface area contributed by atoms with E-state index in [1.54, 1.807) is 12.1 Å². The molecule has 1 aliphatic rings. The predicted molar refractivity (Wildman–Crippen MR) is 194 cm³/mol. The Hall–Kier alpha value is -6.63. The van der Waals surface area contributed by atoms with E-state index in [9.17, 15) is 10.5 Å². The molecule has 6 heteroatoms. The second-order valence-electron chi connectivity index (χ2n) is 11.4. The lowest BCUT2D eigenvalue weighted by Gasteiger charge is -2.11. The third-order valence-corrected chi connectivity index (χ3v) is 8.38. The second-order valence-corrected chi connectivity index (χ2v) is 11.4. The van der Waals surface area contributed by atoms with Crippen molar-refractivity contribution in [2.75, 3.05) is 0 Å². The summed E-state index contributed by atoms with van der Waals surface area (Å²) in [5, 5.41) is 21.0. The second kappa shape index (κ2) is 13.4. The van der Waals surface area contributed by atoms with E-state index in [-0.39, 0.29) is 0 Å². The van der Waals surface area contributed by atoms with Crippen LogP contribution in [0.5, 0.6) is 0 Å². The van der Waals surface area contributed by atoms with Crippen molar-refractivity contribution in [1.29, 1.82) is 10.5 Å². The van der Waals surface area contributed by atoms with Gasteiger partial charge >= 0.3 is 0 Å². The predicted octanol–water partition coefficient (Wildman–Crippen LogP) is 9.99. The lowest BCUT2D eigenvalue weighted by atomic mass is 9.93. The molecule has 0 atom stereocenters. The minimum atomic E-state index is 0.440. The zero-order chi connectivity index (χ0) is 32.9. The van der Waals surface area contributed by atoms with Crippen LogP contribution in [0.3, 0.4) is 0 Å². The number of hydrogen-bond donors (Lipinski definition) is 0. The first-order valence-corrected chi connectivity index (χ1v) is 15.7. The van der Waals surface area contributed by atoms with Gasteiger partial charge in [-0.1, -0.05) is 85.0 Å². The van der Waals surface area contributed by atoms with Crippen molar-refractivity contribution < 1.29 is 4.42 Å². The molecule has 1 heterocycles. The van der Waals surface area contributed by atoms with Crippen LogP contribution in [0.15, 0.2) is 152 Å². The van der Waals surface area contributed by atoms with Gasteiger partial charge in [-0.25, -0.2) is 9.98 Å². The van der Waals surface area contributed by atoms with Crippen molar-refractivity contribution in [2.45, 2.75) is 19.4 Å². The average molecular weight is 620 g/mol. The van der Waals surface area contributed by atoms with Crippen molar-refractivity contribution in [2.24, 2.45) is 15.0 Å². The van der Waals surface area contributed by atoms with E-state index in [1.165, 1.54) is 0 Å². The molecule has 6 nitrogen and oxygen atoms in total. The molecule has 0 fully saturated rings. The number of amidine groups is 2. The molecule has 1 aromatic heterocycles. The summed E-state index contributed by atoms with van der Waals surface area (Å²) in [5.41, 5.74) is 8.84. The van der Waals surface area contributed by atoms with E-state index in [0.717, 1.165) is 62.6 Å². The fourth-order valence-corrected chi connectivity index (χ4v) is 6.05. The van der Waals surface area contributed by atoms with Gasteiger partial charge in [0.15, 0.2) is 11.7 Å². The van der Waals surface area contributed by atoms with Crippen LogP contribution in [0.4, 0.5) is 0 Å². The summed E-state index contributed by atoms with van der Waals surface area (Å²) in [6.45, 7) is 4.42. The van der Waals surface area contributed by atoms with Gasteiger partial charge in [-0.3, -0.25) is 4.99 Å². The molecule has 6 aromatic rings. The normalized spacial score (nSPS) is 13.2. The molecule has 0 aliphatic heterocycles. The summed E-state index contributed by atoms with van der Waals surface area (Å²) in [7, 11) is 0. The number of allylic oxidation sites excluding steroid dienone is 3. The highest BCUT2D eigenvalue weighted by Gasteiger charge is 2.20. The number of aliphatic imine (C=N–C) groups is 3. The van der Waals surface area contributed by atoms with E-state index in [0.29, 0.717) is 40.5 Å². The maximum absolute atomic E-state index is 9.67. The maximum Gasteiger partial charge on any atom is 0.161 e. The molecular formula is C42H29N5O. The SMILES string of the molecule is C=NC(=NC(=NCc1ccccc1)C1=CC=CCC1)c1cccc2oc3c(-c4cccc(C#N)c4)cc(-c4cccc(C#N)c4)cc3c12. The molecule has 0 amide bonds. The first-order valence-electron chi connectivity index (χ1n) is 15.7. The summed E-state index contributed by atoms with van der Waals surface area (Å²) in [5.74, 6) is 1.06. The lowest BCUT2D eigenvalue weighted by molar-refractivity contribution is 0.670. The van der Waals surface area contributed by atoms with E-state index >= 15 is 0 Å². The molecule has 0 saturated heterocycles. The Morgan fingerprint density at radius 1 is 0.771 bits per heavy atom. The van der Waals surface area contributed by atoms with E-state index in [2.05, 4.69) is 60.3 Å². The Morgan fingerprint density at radius 3 is 2.25 bits per heavy atom. The van der Waals surface area contributed by atoms with Gasteiger partial charge in [-0.05, 0) is 89.9 Å². The zero-order valence-electron chi connectivity index (χ0n) is 26.1. The third kappa shape index (κ3) is 5.99. The van der Waals surface area contributed by atoms with Crippen molar-refractivity contribution in [3.05, 3.63) is 155 Å². The molecule has 0 radical (unpaired) electrons. The molecule has 0 saturated carbocycles. The summed E-state index contributed by atoms with van der Waals surface area (Å²) in [6.07, 6.45) is 7.99. The lowest BCUT2D eigenvalue weighted by Crippen LogP contribution is -2.08. The summed E-state index contributed by atoms with van der Waals surface area (Å²) >= 11 is 0. The zero-order valence-corrected chi connectivity index (χ0v) is 26.1. The van der Waals surface area contributed by atoms with Crippen LogP contribution in [-0.4, -0.2) is 18.4 Å². The largest absolute Gasteiger partial charge is 0.455 e. The van der Waals surface area contributed by atoms with Gasteiger partial charge < -0.3 is 4.42 Å². The van der Waals surface area contributed by atoms with Crippen molar-refractivity contribution >= 4 is 40.3 Å². The first kappa shape index (κ1) is 30.0. The molecule has 0 spiro atoms. The van der Waals surface area contributed by atoms with Crippen LogP contribution in [0.2, 0.25) is 0 Å². The molecule has 1 aliphatic carbocycles. The number of furan rings is 1. The molecule has 228 valence electrons. The van der Waals surface area contributed by atoms with E-state index in [1.807, 2.05) is 78.9 Å². The number of fused-ring (bicyclic) bond motifs is 3. The van der Waals surface area contributed by atoms with Crippen LogP contribution >= 0.6 is 0 Å². The van der Waals surface area contributed by atoms with Gasteiger partial charge in [0.2, 0.25) is 0 Å². The van der Waals surface area contributed by atoms with Crippen LogP contribution in [0, 0.1) is 22.7 Å². The fraction of sp³-hybridized carbons (Fsp3) is 0.0714. The summed E-state index contributed by atoms with van der Waals surface area (Å²) in [6, 6.07) is 39.6. The van der Waals surface area contributed by atoms with Crippen LogP contribution in [0.1, 0.15) is 35.1 Å². The van der Waals surface area contributed by atoms with E-state index in [4.69, 9.17) is 14.4 Å². The van der Waals surface area contributed by atoms with Gasteiger partial charge in [0.1, 0.15) is 11.2 Å². The smallest absolute Gasteiger partial charge is 0.161 e. The molecule has 7 rings (SSSR count). The average Bonchev–Trinajstić information content (AvgIpc) is 3.54. The Morgan fingerprint density at radius 2 is 1.52 bits per heavy atom. The monoisotopic (exact) mass is 619 g/mol. The highest BCUT2D eigenvalue weighted by Crippen LogP contribution is 2.41. The van der Waals surface area contributed by atoms with Crippen molar-refractivity contribution in [1.82, 2.24) is 0 Å². The third-order valence-electron chi connectivity index (χ3n) is 8.38. The Bertz CT molecular complexity index is 2410. The van der Waals surface area contributed by atoms with Gasteiger partial charge in [-0.15, -0.1) is 0 Å². The Labute approximate surface area is 278 Å². The van der Waals surface area contributed by atoms with Gasteiger partial charge in [0.05, 0.1) is 29.8 Å². The molecule has 0 bridgehead atoms. The molecule has 0 N–H and O–H groups in total. The summed E-state index contributed by atoms with van der Waals surface area (Å²) < 4.78 is 6.61. The first-order chi connectivity index (χ1) is 23.6. The quantitative estimate of drug-likeness (QED) is 0.137. The van der Waals surface area contributed by atoms with Crippen molar-refractivity contribution in [3.63, 3.8) is 0 Å². The van der Waals surface area contributed by atoms with Crippen molar-refractivity contribution in [3.8, 4) is 34.4 Å². The van der Waals surface area contributed by atoms with Crippen LogP contribution in [-0.2, 0) is 6.54 Å². The Kier molecular flexibility index (Phi) is 8.38. The minimum Gasteiger partial charge on any atom is -0.455 e. The topological polar surface area (TPSA) is 97.8 Å². The molecular weight excluding hydrogens is 590 g/mol. The number of nitriles is 2. The molecule has 48 heavy (non-hydrogen) atoms. The van der Waals surface area contributed by atoms with Gasteiger partial charge in [-0.2, -0.15) is 10.5 Å². The van der Waals surface area contributed by atoms with Crippen LogP contribution in [0.25, 0.3) is 44.2 Å². The minimum absolute atomic E-state index is 0.440.